The molecule has 10 nitrogen and oxygen atoms in total. The van der Waals surface area contributed by atoms with Gasteiger partial charge in [-0.25, -0.2) is 14.2 Å². The molecule has 0 aliphatic carbocycles. The second-order valence-electron chi connectivity index (χ2n) is 7.93. The summed E-state index contributed by atoms with van der Waals surface area (Å²) in [7, 11) is 0. The number of nitrogens with one attached hydrogen (secondary N) is 2. The fraction of sp³-hybridized carbons (Fsp3) is 0.292. The van der Waals surface area contributed by atoms with Gasteiger partial charge in [0, 0.05) is 30.8 Å². The molecule has 0 unspecified atom stereocenters. The van der Waals surface area contributed by atoms with E-state index in [1.165, 1.54) is 0 Å². The number of fused-ring (bicyclic) bond motifs is 1. The van der Waals surface area contributed by atoms with E-state index in [9.17, 15) is 28.7 Å². The van der Waals surface area contributed by atoms with Crippen LogP contribution in [0.4, 0.5) is 10.1 Å². The Labute approximate surface area is 200 Å². The molecular weight excluding hydrogens is 457 g/mol. The second-order valence-corrected chi connectivity index (χ2v) is 7.93. The number of alkyl halides is 1. The number of anilines is 1. The topological polar surface area (TPSA) is 158 Å². The fourth-order valence-corrected chi connectivity index (χ4v) is 3.61. The number of halogens is 1. The number of rotatable bonds is 11. The summed E-state index contributed by atoms with van der Waals surface area (Å²) in [5.41, 5.74) is 7.00. The van der Waals surface area contributed by atoms with E-state index in [-0.39, 0.29) is 24.2 Å². The molecule has 11 heteroatoms. The SMILES string of the molecule is CCN(Cc1ccc2nc(CF)[nH]c(=O)c2c1)c1ccc(C(=O)N[C@@H](CCC(N)=O)C(=O)O)cc1. The van der Waals surface area contributed by atoms with Crippen molar-refractivity contribution in [3.63, 3.8) is 0 Å². The number of benzene rings is 2. The van der Waals surface area contributed by atoms with Crippen LogP contribution in [0, 0.1) is 0 Å². The minimum atomic E-state index is -1.25. The predicted octanol–water partition coefficient (Wildman–Crippen LogP) is 1.87. The summed E-state index contributed by atoms with van der Waals surface area (Å²) in [6, 6.07) is 10.6. The van der Waals surface area contributed by atoms with Crippen molar-refractivity contribution in [2.24, 2.45) is 5.73 Å². The van der Waals surface area contributed by atoms with Crippen molar-refractivity contribution in [3.8, 4) is 0 Å². The van der Waals surface area contributed by atoms with Gasteiger partial charge in [0.2, 0.25) is 5.91 Å². The van der Waals surface area contributed by atoms with E-state index in [1.54, 1.807) is 36.4 Å². The van der Waals surface area contributed by atoms with Gasteiger partial charge in [-0.15, -0.1) is 0 Å². The highest BCUT2D eigenvalue weighted by molar-refractivity contribution is 5.97. The summed E-state index contributed by atoms with van der Waals surface area (Å²) in [6.07, 6.45) is -0.257. The third-order valence-corrected chi connectivity index (χ3v) is 5.48. The van der Waals surface area contributed by atoms with Gasteiger partial charge in [-0.05, 0) is 55.3 Å². The minimum Gasteiger partial charge on any atom is -0.480 e. The fourth-order valence-electron chi connectivity index (χ4n) is 3.61. The summed E-state index contributed by atoms with van der Waals surface area (Å²) >= 11 is 0. The molecule has 0 spiro atoms. The number of amides is 2. The number of hydrogen-bond acceptors (Lipinski definition) is 6. The molecule has 2 amide bonds. The Bertz CT molecular complexity index is 1290. The summed E-state index contributed by atoms with van der Waals surface area (Å²) in [4.78, 5) is 55.6. The van der Waals surface area contributed by atoms with Crippen molar-refractivity contribution in [3.05, 3.63) is 69.8 Å². The van der Waals surface area contributed by atoms with E-state index in [0.29, 0.717) is 24.0 Å². The van der Waals surface area contributed by atoms with Crippen LogP contribution >= 0.6 is 0 Å². The molecule has 3 aromatic rings. The monoisotopic (exact) mass is 483 g/mol. The molecule has 1 heterocycles. The zero-order chi connectivity index (χ0) is 25.5. The molecule has 0 saturated carbocycles. The number of hydrogen-bond donors (Lipinski definition) is 4. The molecule has 0 bridgehead atoms. The molecule has 0 fully saturated rings. The van der Waals surface area contributed by atoms with Gasteiger partial charge in [0.1, 0.15) is 18.5 Å². The maximum absolute atomic E-state index is 12.9. The van der Waals surface area contributed by atoms with E-state index in [2.05, 4.69) is 15.3 Å². The number of carbonyl (C=O) groups excluding carboxylic acids is 2. The highest BCUT2D eigenvalue weighted by Crippen LogP contribution is 2.20. The Morgan fingerprint density at radius 3 is 2.51 bits per heavy atom. The zero-order valence-corrected chi connectivity index (χ0v) is 19.1. The lowest BCUT2D eigenvalue weighted by Crippen LogP contribution is -2.41. The first kappa shape index (κ1) is 25.3. The summed E-state index contributed by atoms with van der Waals surface area (Å²) in [5.74, 6) is -2.49. The van der Waals surface area contributed by atoms with Crippen LogP contribution in [-0.4, -0.2) is 45.4 Å². The third kappa shape index (κ3) is 6.40. The standard InChI is InChI=1S/C24H26FN5O5/c1-2-30(13-14-3-8-18-17(11-14)23(33)29-21(12-25)27-18)16-6-4-15(5-7-16)22(32)28-19(24(34)35)9-10-20(26)31/h3-8,11,19H,2,9-10,12-13H2,1H3,(H2,26,31)(H,28,32)(H,34,35)(H,27,29,33)/t19-/m0/s1. The molecule has 3 rings (SSSR count). The van der Waals surface area contributed by atoms with Gasteiger partial charge < -0.3 is 26.0 Å². The van der Waals surface area contributed by atoms with E-state index < -0.39 is 36.1 Å². The molecule has 5 N–H and O–H groups in total. The van der Waals surface area contributed by atoms with Gasteiger partial charge in [0.15, 0.2) is 0 Å². The number of aliphatic carboxylic acids is 1. The molecule has 1 aromatic heterocycles. The van der Waals surface area contributed by atoms with Crippen LogP contribution in [0.2, 0.25) is 0 Å². The minimum absolute atomic E-state index is 0.0166. The highest BCUT2D eigenvalue weighted by atomic mass is 19.1. The Hall–Kier alpha value is -4.28. The Morgan fingerprint density at radius 1 is 1.20 bits per heavy atom. The number of carboxylic acid groups (broad SMARTS) is 1. The Morgan fingerprint density at radius 2 is 1.91 bits per heavy atom. The number of primary amides is 1. The maximum atomic E-state index is 12.9. The second kappa shape index (κ2) is 11.2. The molecule has 35 heavy (non-hydrogen) atoms. The molecule has 0 radical (unpaired) electrons. The van der Waals surface area contributed by atoms with Gasteiger partial charge in [-0.1, -0.05) is 6.07 Å². The summed E-state index contributed by atoms with van der Waals surface area (Å²) in [6.45, 7) is 2.21. The third-order valence-electron chi connectivity index (χ3n) is 5.48. The smallest absolute Gasteiger partial charge is 0.326 e. The van der Waals surface area contributed by atoms with Crippen molar-refractivity contribution in [2.45, 2.75) is 39.0 Å². The first-order valence-corrected chi connectivity index (χ1v) is 11.0. The molecule has 184 valence electrons. The number of nitrogens with zero attached hydrogens (tertiary/aromatic N) is 2. The van der Waals surface area contributed by atoms with Crippen molar-refractivity contribution in [1.82, 2.24) is 15.3 Å². The first-order chi connectivity index (χ1) is 16.7. The predicted molar refractivity (Wildman–Crippen MR) is 128 cm³/mol. The quantitative estimate of drug-likeness (QED) is 0.324. The van der Waals surface area contributed by atoms with E-state index in [4.69, 9.17) is 5.73 Å². The van der Waals surface area contributed by atoms with E-state index in [0.717, 1.165) is 11.3 Å². The lowest BCUT2D eigenvalue weighted by atomic mass is 10.1. The highest BCUT2D eigenvalue weighted by Gasteiger charge is 2.21. The largest absolute Gasteiger partial charge is 0.480 e. The zero-order valence-electron chi connectivity index (χ0n) is 19.1. The number of aromatic nitrogens is 2. The lowest BCUT2D eigenvalue weighted by molar-refractivity contribution is -0.139. The van der Waals surface area contributed by atoms with Crippen LogP contribution in [0.1, 0.15) is 41.5 Å². The van der Waals surface area contributed by atoms with E-state index in [1.807, 2.05) is 17.9 Å². The van der Waals surface area contributed by atoms with Crippen LogP contribution in [0.25, 0.3) is 10.9 Å². The van der Waals surface area contributed by atoms with Crippen LogP contribution in [0.15, 0.2) is 47.3 Å². The van der Waals surface area contributed by atoms with Gasteiger partial charge >= 0.3 is 5.97 Å². The normalized spacial score (nSPS) is 11.7. The molecule has 0 saturated heterocycles. The summed E-state index contributed by atoms with van der Waals surface area (Å²) in [5, 5.41) is 12.0. The van der Waals surface area contributed by atoms with Crippen molar-refractivity contribution < 1.29 is 23.9 Å². The van der Waals surface area contributed by atoms with Gasteiger partial charge in [-0.2, -0.15) is 0 Å². The maximum Gasteiger partial charge on any atom is 0.326 e. The summed E-state index contributed by atoms with van der Waals surface area (Å²) < 4.78 is 12.9. The van der Waals surface area contributed by atoms with Crippen LogP contribution < -0.4 is 21.5 Å². The van der Waals surface area contributed by atoms with Crippen molar-refractivity contribution >= 4 is 34.4 Å². The number of aromatic amines is 1. The van der Waals surface area contributed by atoms with Crippen molar-refractivity contribution in [2.75, 3.05) is 11.4 Å². The van der Waals surface area contributed by atoms with Crippen LogP contribution in [-0.2, 0) is 22.8 Å². The van der Waals surface area contributed by atoms with E-state index >= 15 is 0 Å². The molecule has 0 aliphatic heterocycles. The van der Waals surface area contributed by atoms with Crippen LogP contribution in [0.5, 0.6) is 0 Å². The van der Waals surface area contributed by atoms with Crippen molar-refractivity contribution in [1.29, 1.82) is 0 Å². The Balaban J connectivity index is 1.73. The molecule has 0 aliphatic rings. The average Bonchev–Trinajstić information content (AvgIpc) is 2.84. The first-order valence-electron chi connectivity index (χ1n) is 11.0. The molecular formula is C24H26FN5O5. The lowest BCUT2D eigenvalue weighted by Gasteiger charge is -2.23. The number of nitrogens with two attached hydrogens (primary N) is 1. The van der Waals surface area contributed by atoms with Gasteiger partial charge in [0.25, 0.3) is 11.5 Å². The Kier molecular flexibility index (Phi) is 8.13. The molecule has 2 aromatic carbocycles. The number of carbonyl (C=O) groups is 3. The van der Waals surface area contributed by atoms with Crippen LogP contribution in [0.3, 0.4) is 0 Å². The van der Waals surface area contributed by atoms with Gasteiger partial charge in [-0.3, -0.25) is 14.4 Å². The molecule has 1 atom stereocenters. The number of H-pyrrole nitrogens is 1. The number of carboxylic acids is 1. The average molecular weight is 484 g/mol. The van der Waals surface area contributed by atoms with Gasteiger partial charge in [0.05, 0.1) is 10.9 Å².